The van der Waals surface area contributed by atoms with Crippen molar-refractivity contribution in [2.75, 3.05) is 6.61 Å². The normalized spacial score (nSPS) is 16.8. The van der Waals surface area contributed by atoms with E-state index < -0.39 is 0 Å². The quantitative estimate of drug-likeness (QED) is 0.667. The molecule has 16 heavy (non-hydrogen) atoms. The van der Waals surface area contributed by atoms with E-state index in [9.17, 15) is 0 Å². The van der Waals surface area contributed by atoms with Gasteiger partial charge in [0.1, 0.15) is 11.8 Å². The molecule has 1 atom stereocenters. The van der Waals surface area contributed by atoms with Crippen molar-refractivity contribution in [3.8, 4) is 0 Å². The van der Waals surface area contributed by atoms with Crippen LogP contribution in [-0.4, -0.2) is 6.61 Å². The highest BCUT2D eigenvalue weighted by molar-refractivity contribution is 9.10. The van der Waals surface area contributed by atoms with Gasteiger partial charge in [0.05, 0.1) is 6.61 Å². The van der Waals surface area contributed by atoms with E-state index in [4.69, 9.17) is 22.2 Å². The summed E-state index contributed by atoms with van der Waals surface area (Å²) in [6.07, 6.45) is 2.95. The summed E-state index contributed by atoms with van der Waals surface area (Å²) in [6.45, 7) is 0.710. The van der Waals surface area contributed by atoms with Gasteiger partial charge in [0.15, 0.2) is 0 Å². The van der Waals surface area contributed by atoms with Gasteiger partial charge >= 0.3 is 0 Å². The molecule has 0 aliphatic carbocycles. The lowest BCUT2D eigenvalue weighted by Gasteiger charge is -2.18. The van der Waals surface area contributed by atoms with E-state index in [1.54, 1.807) is 0 Å². The van der Waals surface area contributed by atoms with Gasteiger partial charge in [0, 0.05) is 15.9 Å². The molecule has 0 fully saturated rings. The summed E-state index contributed by atoms with van der Waals surface area (Å²) in [6, 6.07) is 5.53. The van der Waals surface area contributed by atoms with Crippen LogP contribution in [0.2, 0.25) is 5.02 Å². The molecule has 86 valence electrons. The first-order valence-electron chi connectivity index (χ1n) is 4.96. The van der Waals surface area contributed by atoms with Crippen molar-refractivity contribution in [1.82, 2.24) is 5.43 Å². The zero-order valence-electron chi connectivity index (χ0n) is 8.54. The minimum absolute atomic E-state index is 0.178. The van der Waals surface area contributed by atoms with Crippen LogP contribution in [-0.2, 0) is 4.74 Å². The fraction of sp³-hybridized carbons (Fsp3) is 0.273. The van der Waals surface area contributed by atoms with E-state index in [0.29, 0.717) is 11.6 Å². The topological polar surface area (TPSA) is 47.3 Å². The number of hydrogen-bond acceptors (Lipinski definition) is 3. The Hall–Kier alpha value is -0.550. The van der Waals surface area contributed by atoms with Gasteiger partial charge in [0.2, 0.25) is 0 Å². The van der Waals surface area contributed by atoms with Crippen LogP contribution in [0.5, 0.6) is 0 Å². The van der Waals surface area contributed by atoms with Gasteiger partial charge in [-0.2, -0.15) is 0 Å². The molecule has 0 radical (unpaired) electrons. The molecule has 3 nitrogen and oxygen atoms in total. The third kappa shape index (κ3) is 2.40. The van der Waals surface area contributed by atoms with Gasteiger partial charge in [-0.25, -0.2) is 5.43 Å². The fourth-order valence-corrected chi connectivity index (χ4v) is 2.48. The minimum Gasteiger partial charge on any atom is -0.496 e. The Morgan fingerprint density at radius 3 is 2.88 bits per heavy atom. The van der Waals surface area contributed by atoms with E-state index in [-0.39, 0.29) is 6.04 Å². The number of nitrogens with one attached hydrogen (secondary N) is 1. The van der Waals surface area contributed by atoms with Gasteiger partial charge in [-0.3, -0.25) is 5.84 Å². The van der Waals surface area contributed by atoms with Crippen molar-refractivity contribution in [3.05, 3.63) is 45.1 Å². The van der Waals surface area contributed by atoms with Crippen molar-refractivity contribution >= 4 is 27.5 Å². The standard InChI is InChI=1S/C11H12BrClN2O/c12-7-3-4-8(9(13)6-7)11(15-14)10-2-1-5-16-10/h2-4,6,11,15H,1,5,14H2. The average Bonchev–Trinajstić information content (AvgIpc) is 2.75. The molecule has 0 bridgehead atoms. The molecule has 0 aromatic heterocycles. The maximum atomic E-state index is 6.17. The highest BCUT2D eigenvalue weighted by atomic mass is 79.9. The lowest BCUT2D eigenvalue weighted by atomic mass is 10.1. The molecule has 0 saturated heterocycles. The Balaban J connectivity index is 2.32. The van der Waals surface area contributed by atoms with Crippen LogP contribution in [0, 0.1) is 0 Å². The van der Waals surface area contributed by atoms with Gasteiger partial charge in [-0.1, -0.05) is 33.6 Å². The minimum atomic E-state index is -0.178. The van der Waals surface area contributed by atoms with Gasteiger partial charge in [-0.05, 0) is 23.8 Å². The second-order valence-corrected chi connectivity index (χ2v) is 4.83. The van der Waals surface area contributed by atoms with E-state index >= 15 is 0 Å². The molecule has 1 aliphatic rings. The van der Waals surface area contributed by atoms with Gasteiger partial charge < -0.3 is 4.74 Å². The number of benzene rings is 1. The zero-order chi connectivity index (χ0) is 11.5. The van der Waals surface area contributed by atoms with Crippen molar-refractivity contribution < 1.29 is 4.74 Å². The molecular formula is C11H12BrClN2O. The van der Waals surface area contributed by atoms with E-state index in [0.717, 1.165) is 22.2 Å². The highest BCUT2D eigenvalue weighted by Gasteiger charge is 2.21. The summed E-state index contributed by atoms with van der Waals surface area (Å²) >= 11 is 9.54. The Morgan fingerprint density at radius 1 is 1.50 bits per heavy atom. The summed E-state index contributed by atoms with van der Waals surface area (Å²) in [7, 11) is 0. The Labute approximate surface area is 108 Å². The first kappa shape index (κ1) is 11.9. The number of nitrogens with two attached hydrogens (primary N) is 1. The van der Waals surface area contributed by atoms with Crippen LogP contribution >= 0.6 is 27.5 Å². The summed E-state index contributed by atoms with van der Waals surface area (Å²) in [4.78, 5) is 0. The molecule has 1 aromatic rings. The first-order valence-corrected chi connectivity index (χ1v) is 6.13. The summed E-state index contributed by atoms with van der Waals surface area (Å²) < 4.78 is 6.44. The molecule has 1 aliphatic heterocycles. The largest absolute Gasteiger partial charge is 0.496 e. The van der Waals surface area contributed by atoms with Crippen molar-refractivity contribution in [1.29, 1.82) is 0 Å². The number of ether oxygens (including phenoxy) is 1. The molecule has 0 saturated carbocycles. The molecule has 0 amide bonds. The van der Waals surface area contributed by atoms with Gasteiger partial charge in [-0.15, -0.1) is 0 Å². The van der Waals surface area contributed by atoms with Crippen molar-refractivity contribution in [2.45, 2.75) is 12.5 Å². The van der Waals surface area contributed by atoms with E-state index in [1.807, 2.05) is 24.3 Å². The lowest BCUT2D eigenvalue weighted by molar-refractivity contribution is 0.215. The SMILES string of the molecule is NNC(C1=CCCO1)c1ccc(Br)cc1Cl. The number of hydrazine groups is 1. The van der Waals surface area contributed by atoms with Crippen LogP contribution in [0.15, 0.2) is 34.5 Å². The Kier molecular flexibility index (Phi) is 3.86. The van der Waals surface area contributed by atoms with Gasteiger partial charge in [0.25, 0.3) is 0 Å². The van der Waals surface area contributed by atoms with Crippen molar-refractivity contribution in [2.24, 2.45) is 5.84 Å². The summed E-state index contributed by atoms with van der Waals surface area (Å²) in [5.41, 5.74) is 3.64. The number of halogens is 2. The van der Waals surface area contributed by atoms with Crippen LogP contribution < -0.4 is 11.3 Å². The summed E-state index contributed by atoms with van der Waals surface area (Å²) in [5.74, 6) is 6.39. The number of rotatable bonds is 3. The van der Waals surface area contributed by atoms with Crippen LogP contribution in [0.4, 0.5) is 0 Å². The fourth-order valence-electron chi connectivity index (χ4n) is 1.70. The second-order valence-electron chi connectivity index (χ2n) is 3.51. The third-order valence-electron chi connectivity index (χ3n) is 2.46. The van der Waals surface area contributed by atoms with E-state index in [1.165, 1.54) is 0 Å². The van der Waals surface area contributed by atoms with Crippen molar-refractivity contribution in [3.63, 3.8) is 0 Å². The van der Waals surface area contributed by atoms with Crippen LogP contribution in [0.25, 0.3) is 0 Å². The molecule has 0 spiro atoms. The predicted octanol–water partition coefficient (Wildman–Crippen LogP) is 2.91. The monoisotopic (exact) mass is 302 g/mol. The Morgan fingerprint density at radius 2 is 2.31 bits per heavy atom. The zero-order valence-corrected chi connectivity index (χ0v) is 10.9. The van der Waals surface area contributed by atoms with Crippen LogP contribution in [0.1, 0.15) is 18.0 Å². The second kappa shape index (κ2) is 5.19. The summed E-state index contributed by atoms with van der Waals surface area (Å²) in [5, 5.41) is 0.661. The molecular weight excluding hydrogens is 291 g/mol. The van der Waals surface area contributed by atoms with Crippen LogP contribution in [0.3, 0.4) is 0 Å². The van der Waals surface area contributed by atoms with E-state index in [2.05, 4.69) is 21.4 Å². The average molecular weight is 304 g/mol. The molecule has 1 heterocycles. The highest BCUT2D eigenvalue weighted by Crippen LogP contribution is 2.32. The maximum Gasteiger partial charge on any atom is 0.115 e. The molecule has 2 rings (SSSR count). The third-order valence-corrected chi connectivity index (χ3v) is 3.28. The molecule has 1 unspecified atom stereocenters. The molecule has 3 N–H and O–H groups in total. The maximum absolute atomic E-state index is 6.17. The number of hydrogen-bond donors (Lipinski definition) is 2. The molecule has 1 aromatic carbocycles. The Bertz CT molecular complexity index is 422. The first-order chi connectivity index (χ1) is 7.72. The lowest BCUT2D eigenvalue weighted by Crippen LogP contribution is -2.29. The molecule has 5 heteroatoms. The predicted molar refractivity (Wildman–Crippen MR) is 67.9 cm³/mol. The smallest absolute Gasteiger partial charge is 0.115 e.